The first kappa shape index (κ1) is 104. The van der Waals surface area contributed by atoms with Gasteiger partial charge in [-0.3, -0.25) is 33.7 Å². The molecule has 0 aliphatic heterocycles. The Morgan fingerprint density at radius 3 is 1.11 bits per heavy atom. The molecule has 15 aromatic rings. The standard InChI is InChI=1S/C35H43ClFN9OS.C34H40ClFN10O.C31H38ClFN12O/c1-20(2)6-5-7-24-14-28(31(37)29(36)15-24)30-16-25-19-46(35(47)45-32(25)44-30)27-10-8-23(9-11-27)17-41-26(12-13-40-33(38)39)18-42-34-43-21(3)22(4)48-34;1-21(2)4-3-5-23-14-27(31(36)28(35)15-23)29-16-24-20-46(34(47)45-32(24)44-29)26-8-6-22(7-9-26)17-42-25(10-11-41-33(37)38)18-43-30-19-39-12-13-40-30;1-18(2)4-3-5-20-12-24(27(33)25(32)13-20)26-14-21-17-45(31(46)40-28(21)39-26)23-8-6-19(7-9-23)15-37-22(10-11-36-29(34)35)16-38-30-41-43-44-42-30/h8-11,14-16,19-20,26,41H,5-7,12-13,17-18H2,1-4H3,(H,42,43)(H4,38,39,40)(H,44,45,47);6-9,12-16,19-21,25,42H,3-5,10-11,17-18H2,1-2H3,(H,40,43)(H4,37,38,41)(H,44,45,47);6-9,12-14,17-18,22,37H,3-5,10-11,15-16H2,1-2H3,(H4,34,35,36)(H,39,40,46)(H2,38,41,42,43,44)/t26-;25-;22-/m111/s1. The Balaban J connectivity index is 0.000000178. The number of anilines is 3. The minimum atomic E-state index is -0.510. The number of thiazole rings is 1. The van der Waals surface area contributed by atoms with Crippen molar-refractivity contribution in [1.29, 1.82) is 0 Å². The number of tetrazole rings is 1. The summed E-state index contributed by atoms with van der Waals surface area (Å²) in [6, 6.07) is 38.9. The predicted molar refractivity (Wildman–Crippen MR) is 561 cm³/mol. The van der Waals surface area contributed by atoms with E-state index in [0.29, 0.717) is 185 Å². The van der Waals surface area contributed by atoms with Gasteiger partial charge >= 0.3 is 17.1 Å². The predicted octanol–water partition coefficient (Wildman–Crippen LogP) is 15.5. The highest BCUT2D eigenvalue weighted by Gasteiger charge is 2.23. The van der Waals surface area contributed by atoms with E-state index in [1.54, 1.807) is 84.9 Å². The molecule has 22 N–H and O–H groups in total. The van der Waals surface area contributed by atoms with Gasteiger partial charge in [0.15, 0.2) is 40.5 Å². The van der Waals surface area contributed by atoms with Crippen LogP contribution in [0.3, 0.4) is 0 Å². The maximum absolute atomic E-state index is 15.2. The second kappa shape index (κ2) is 50.3. The fourth-order valence-electron chi connectivity index (χ4n) is 15.9. The number of fused-ring (bicyclic) bond motifs is 3. The van der Waals surface area contributed by atoms with Gasteiger partial charge in [0.05, 0.1) is 61.1 Å². The third kappa shape index (κ3) is 30.3. The first-order valence-electron chi connectivity index (χ1n) is 46.9. The summed E-state index contributed by atoms with van der Waals surface area (Å²) < 4.78 is 49.9. The van der Waals surface area contributed by atoms with Crippen LogP contribution in [0.15, 0.2) is 194 Å². The lowest BCUT2D eigenvalue weighted by atomic mass is 10.00. The Morgan fingerprint density at radius 1 is 0.447 bits per heavy atom. The highest BCUT2D eigenvalue weighted by molar-refractivity contribution is 7.15. The van der Waals surface area contributed by atoms with E-state index >= 15 is 13.2 Å². The molecule has 9 heterocycles. The molecule has 0 amide bonds. The van der Waals surface area contributed by atoms with E-state index in [2.05, 4.69) is 161 Å². The van der Waals surface area contributed by atoms with Crippen LogP contribution in [0.25, 0.3) is 83.9 Å². The van der Waals surface area contributed by atoms with E-state index in [-0.39, 0.29) is 51.1 Å². The molecule has 6 aromatic carbocycles. The van der Waals surface area contributed by atoms with Crippen LogP contribution in [0, 0.1) is 49.1 Å². The molecule has 0 fully saturated rings. The molecule has 0 aliphatic carbocycles. The van der Waals surface area contributed by atoms with Crippen LogP contribution in [-0.4, -0.2) is 154 Å². The van der Waals surface area contributed by atoms with Crippen LogP contribution in [-0.2, 0) is 38.9 Å². The van der Waals surface area contributed by atoms with Crippen molar-refractivity contribution in [1.82, 2.24) is 95.1 Å². The molecule has 0 spiro atoms. The van der Waals surface area contributed by atoms with Crippen LogP contribution < -0.4 is 83.4 Å². The lowest BCUT2D eigenvalue weighted by Crippen LogP contribution is -2.36. The van der Waals surface area contributed by atoms with Crippen LogP contribution in [0.4, 0.5) is 30.1 Å². The molecule has 0 unspecified atom stereocenters. The first-order valence-corrected chi connectivity index (χ1v) is 48.8. The number of nitrogens with zero attached hydrogens (tertiary/aromatic N) is 15. The summed E-state index contributed by atoms with van der Waals surface area (Å²) in [4.78, 5) is 87.6. The molecule has 15 rings (SSSR count). The zero-order chi connectivity index (χ0) is 100. The number of H-pyrrole nitrogens is 4. The lowest BCUT2D eigenvalue weighted by molar-refractivity contribution is 0.502. The summed E-state index contributed by atoms with van der Waals surface area (Å²) in [5, 5.41) is 37.3. The average molecular weight is 2000 g/mol. The van der Waals surface area contributed by atoms with E-state index in [0.717, 1.165) is 108 Å². The van der Waals surface area contributed by atoms with E-state index in [1.165, 1.54) is 18.6 Å². The molecule has 3 atom stereocenters. The lowest BCUT2D eigenvalue weighted by Gasteiger charge is -2.19. The maximum atomic E-state index is 15.2. The fraction of sp³-hybridized carbons (Fsp3) is 0.350. The van der Waals surface area contributed by atoms with Crippen molar-refractivity contribution in [3.8, 4) is 50.8 Å². The van der Waals surface area contributed by atoms with Gasteiger partial charge in [-0.05, 0) is 219 Å². The third-order valence-corrected chi connectivity index (χ3v) is 25.5. The van der Waals surface area contributed by atoms with Crippen LogP contribution in [0.2, 0.25) is 15.1 Å². The highest BCUT2D eigenvalue weighted by Crippen LogP contribution is 2.36. The van der Waals surface area contributed by atoms with Crippen molar-refractivity contribution < 1.29 is 13.2 Å². The van der Waals surface area contributed by atoms with Crippen molar-refractivity contribution in [3.63, 3.8) is 0 Å². The summed E-state index contributed by atoms with van der Waals surface area (Å²) in [5.41, 5.74) is 44.4. The topological polar surface area (TPSA) is 511 Å². The van der Waals surface area contributed by atoms with Crippen LogP contribution in [0.1, 0.15) is 143 Å². The van der Waals surface area contributed by atoms with Gasteiger partial charge in [-0.1, -0.05) is 137 Å². The maximum Gasteiger partial charge on any atom is 0.354 e. The number of benzene rings is 6. The minimum absolute atomic E-state index is 0.00117. The van der Waals surface area contributed by atoms with Crippen molar-refractivity contribution in [2.45, 2.75) is 170 Å². The highest BCUT2D eigenvalue weighted by atomic mass is 35.5. The Labute approximate surface area is 833 Å². The van der Waals surface area contributed by atoms with Gasteiger partial charge in [-0.25, -0.2) is 37.5 Å². The van der Waals surface area contributed by atoms with Gasteiger partial charge in [-0.2, -0.15) is 20.2 Å². The van der Waals surface area contributed by atoms with Crippen LogP contribution >= 0.6 is 46.1 Å². The molecule has 141 heavy (non-hydrogen) atoms. The molecule has 9 aromatic heterocycles. The summed E-state index contributed by atoms with van der Waals surface area (Å²) in [6.07, 6.45) is 20.7. The molecule has 0 bridgehead atoms. The molecular weight excluding hydrogens is 1880 g/mol. The van der Waals surface area contributed by atoms with E-state index in [4.69, 9.17) is 69.2 Å². The summed E-state index contributed by atoms with van der Waals surface area (Å²) in [6.45, 7) is 22.1. The number of nitrogens with one attached hydrogen (secondary N) is 10. The van der Waals surface area contributed by atoms with Gasteiger partial charge in [0.1, 0.15) is 22.8 Å². The van der Waals surface area contributed by atoms with Crippen molar-refractivity contribution >= 4 is 114 Å². The number of aryl methyl sites for hydroxylation is 5. The summed E-state index contributed by atoms with van der Waals surface area (Å²) in [7, 11) is 0. The van der Waals surface area contributed by atoms with Crippen molar-refractivity contribution in [3.05, 3.63) is 272 Å². The number of aromatic nitrogens is 16. The fourth-order valence-corrected chi connectivity index (χ4v) is 17.4. The second-order valence-corrected chi connectivity index (χ2v) is 38.4. The Bertz CT molecular complexity index is 6930. The van der Waals surface area contributed by atoms with E-state index < -0.39 is 34.5 Å². The number of nitrogens with two attached hydrogens (primary N) is 6. The number of halogens is 6. The van der Waals surface area contributed by atoms with Crippen molar-refractivity contribution in [2.24, 2.45) is 67.1 Å². The molecular formula is C100H121Cl3F3N31O3S. The van der Waals surface area contributed by atoms with Gasteiger partial charge in [0.2, 0.25) is 0 Å². The molecule has 0 saturated heterocycles. The number of hydrogen-bond acceptors (Lipinski definition) is 22. The van der Waals surface area contributed by atoms with Gasteiger partial charge < -0.3 is 81.3 Å². The monoisotopic (exact) mass is 2000 g/mol. The normalized spacial score (nSPS) is 12.1. The molecule has 0 saturated carbocycles. The minimum Gasteiger partial charge on any atom is -0.370 e. The molecule has 41 heteroatoms. The molecule has 0 radical (unpaired) electrons. The second-order valence-electron chi connectivity index (χ2n) is 36.0. The largest absolute Gasteiger partial charge is 0.370 e. The summed E-state index contributed by atoms with van der Waals surface area (Å²) >= 11 is 20.5. The quantitative estimate of drug-likeness (QED) is 0.0124. The average Bonchev–Trinajstić information content (AvgIpc) is 1.64. The summed E-state index contributed by atoms with van der Waals surface area (Å²) in [5.74, 6) is 1.49. The SMILES string of the molecule is CC(C)CCCc1cc(Cl)c(F)c(-c2cc3cn(-c4ccc(CN[C@H](CCN=C(N)N)CNc5cnccn5)cc4)c(=O)nc3[nH]2)c1.CC(C)CCCc1cc(Cl)c(F)c(-c2cc3cn(-c4ccc(CN[C@H](CCN=C(N)N)CNc5nn[nH]n5)cc4)c(=O)nc3[nH]2)c1.Cc1nc(NC[C@@H](CCN=C(N)N)NCc2ccc(-n3cc4cc(-c5cc(CCCC(C)C)cc(Cl)c5F)[nH]c4nc3=O)cc2)sc1C. The third-order valence-electron chi connectivity index (χ3n) is 23.6. The van der Waals surface area contributed by atoms with Gasteiger partial charge in [0, 0.05) is 146 Å². The van der Waals surface area contributed by atoms with Crippen LogP contribution in [0.5, 0.6) is 0 Å². The number of hydrogen-bond donors (Lipinski definition) is 16. The van der Waals surface area contributed by atoms with Crippen molar-refractivity contribution in [2.75, 3.05) is 55.2 Å². The van der Waals surface area contributed by atoms with E-state index in [9.17, 15) is 14.4 Å². The zero-order valence-electron chi connectivity index (χ0n) is 80.0. The Kier molecular flexibility index (Phi) is 37.3. The molecule has 742 valence electrons. The smallest absolute Gasteiger partial charge is 0.354 e. The van der Waals surface area contributed by atoms with Gasteiger partial charge in [-0.15, -0.1) is 16.4 Å². The van der Waals surface area contributed by atoms with Gasteiger partial charge in [0.25, 0.3) is 5.95 Å². The number of guanidine groups is 3. The molecule has 0 aliphatic rings. The number of aliphatic imine (C=N–C) groups is 3. The molecule has 34 nitrogen and oxygen atoms in total. The Hall–Kier alpha value is -13.9. The Morgan fingerprint density at radius 2 is 0.801 bits per heavy atom. The van der Waals surface area contributed by atoms with E-state index in [1.807, 2.05) is 97.9 Å². The first-order chi connectivity index (χ1) is 67.8. The number of aromatic amines is 4. The zero-order valence-corrected chi connectivity index (χ0v) is 83.1. The number of rotatable bonds is 45.